The predicted octanol–water partition coefficient (Wildman–Crippen LogP) is 3.16. The number of carbonyl (C=O) groups is 1. The van der Waals surface area contributed by atoms with Crippen molar-refractivity contribution in [3.8, 4) is 5.75 Å². The average Bonchev–Trinajstić information content (AvgIpc) is 3.18. The lowest BCUT2D eigenvalue weighted by Gasteiger charge is -2.35. The number of rotatable bonds is 7. The number of unbranched alkanes of at least 4 members (excludes halogenated alkanes) is 1. The molecular formula is C22H26N4O2S. The van der Waals surface area contributed by atoms with E-state index in [1.165, 1.54) is 16.3 Å². The minimum absolute atomic E-state index is 0.0189. The van der Waals surface area contributed by atoms with E-state index in [-0.39, 0.29) is 11.7 Å². The molecule has 7 heteroatoms. The molecule has 1 aliphatic rings. The van der Waals surface area contributed by atoms with E-state index in [1.54, 1.807) is 29.7 Å². The number of phenols is 1. The Kier molecular flexibility index (Phi) is 6.39. The Hall–Kier alpha value is -2.48. The van der Waals surface area contributed by atoms with E-state index in [9.17, 15) is 9.90 Å². The Bertz CT molecular complexity index is 974. The summed E-state index contributed by atoms with van der Waals surface area (Å²) >= 11 is 1.61. The van der Waals surface area contributed by atoms with Crippen LogP contribution in [0.1, 0.15) is 34.1 Å². The lowest BCUT2D eigenvalue weighted by Crippen LogP contribution is -2.46. The van der Waals surface area contributed by atoms with Crippen LogP contribution < -0.4 is 10.6 Å². The zero-order chi connectivity index (χ0) is 20.1. The van der Waals surface area contributed by atoms with Gasteiger partial charge in [-0.3, -0.25) is 9.69 Å². The van der Waals surface area contributed by atoms with Gasteiger partial charge in [0.25, 0.3) is 5.91 Å². The Morgan fingerprint density at radius 1 is 1.21 bits per heavy atom. The quantitative estimate of drug-likeness (QED) is 0.522. The average molecular weight is 411 g/mol. The second kappa shape index (κ2) is 9.35. The molecule has 2 heterocycles. The van der Waals surface area contributed by atoms with Crippen LogP contribution in [0.15, 0.2) is 48.5 Å². The number of fused-ring (bicyclic) bond motifs is 1. The minimum Gasteiger partial charge on any atom is -0.507 e. The number of phenolic OH excluding ortho intramolecular Hbond substituents is 1. The third kappa shape index (κ3) is 4.58. The van der Waals surface area contributed by atoms with E-state index >= 15 is 0 Å². The Balaban J connectivity index is 1.29. The first-order valence-electron chi connectivity index (χ1n) is 10.1. The fourth-order valence-electron chi connectivity index (χ4n) is 3.82. The number of para-hydroxylation sites is 1. The van der Waals surface area contributed by atoms with Crippen LogP contribution in [-0.4, -0.2) is 53.0 Å². The Labute approximate surface area is 174 Å². The topological polar surface area (TPSA) is 77.5 Å². The van der Waals surface area contributed by atoms with Gasteiger partial charge in [-0.05, 0) is 49.1 Å². The van der Waals surface area contributed by atoms with Gasteiger partial charge < -0.3 is 15.7 Å². The number of amides is 1. The molecule has 3 aromatic rings. The van der Waals surface area contributed by atoms with E-state index in [2.05, 4.69) is 38.1 Å². The summed E-state index contributed by atoms with van der Waals surface area (Å²) in [5.74, 6) is -0.204. The van der Waals surface area contributed by atoms with Crippen LogP contribution in [0, 0.1) is 0 Å². The van der Waals surface area contributed by atoms with Crippen LogP contribution in [0.25, 0.3) is 10.9 Å². The molecule has 1 amide bonds. The minimum atomic E-state index is -0.223. The number of piperazine rings is 1. The van der Waals surface area contributed by atoms with Crippen molar-refractivity contribution in [2.75, 3.05) is 32.7 Å². The van der Waals surface area contributed by atoms with E-state index in [0.29, 0.717) is 18.2 Å². The van der Waals surface area contributed by atoms with Crippen molar-refractivity contribution in [1.29, 1.82) is 0 Å². The summed E-state index contributed by atoms with van der Waals surface area (Å²) in [5.41, 5.74) is 1.40. The van der Waals surface area contributed by atoms with Crippen molar-refractivity contribution >= 4 is 28.3 Å². The van der Waals surface area contributed by atoms with Gasteiger partial charge in [0.1, 0.15) is 5.75 Å². The van der Waals surface area contributed by atoms with Crippen molar-refractivity contribution in [3.05, 3.63) is 59.0 Å². The first kappa shape index (κ1) is 19.8. The Morgan fingerprint density at radius 3 is 2.93 bits per heavy atom. The van der Waals surface area contributed by atoms with Crippen LogP contribution in [0.4, 0.5) is 0 Å². The smallest absolute Gasteiger partial charge is 0.255 e. The number of aromatic hydroxyl groups is 1. The monoisotopic (exact) mass is 410 g/mol. The van der Waals surface area contributed by atoms with Crippen molar-refractivity contribution in [2.24, 2.45) is 0 Å². The molecule has 0 spiro atoms. The molecule has 2 aromatic carbocycles. The van der Waals surface area contributed by atoms with E-state index in [0.717, 1.165) is 44.5 Å². The van der Waals surface area contributed by atoms with Crippen LogP contribution in [0.3, 0.4) is 0 Å². The van der Waals surface area contributed by atoms with Gasteiger partial charge in [0.05, 0.1) is 22.0 Å². The first-order valence-corrected chi connectivity index (χ1v) is 10.9. The second-order valence-electron chi connectivity index (χ2n) is 7.30. The molecule has 0 bridgehead atoms. The largest absolute Gasteiger partial charge is 0.507 e. The highest BCUT2D eigenvalue weighted by Gasteiger charge is 2.26. The van der Waals surface area contributed by atoms with Gasteiger partial charge in [-0.15, -0.1) is 0 Å². The van der Waals surface area contributed by atoms with Gasteiger partial charge in [0.2, 0.25) is 0 Å². The zero-order valence-electron chi connectivity index (χ0n) is 16.3. The van der Waals surface area contributed by atoms with Crippen LogP contribution in [0.5, 0.6) is 5.75 Å². The van der Waals surface area contributed by atoms with E-state index < -0.39 is 0 Å². The summed E-state index contributed by atoms with van der Waals surface area (Å²) in [6.07, 6.45) is 1.91. The number of carbonyl (C=O) groups excluding carboxylic acids is 1. The molecule has 1 fully saturated rings. The number of nitrogens with zero attached hydrogens (tertiary/aromatic N) is 2. The normalized spacial score (nSPS) is 17.4. The number of aromatic nitrogens is 1. The summed E-state index contributed by atoms with van der Waals surface area (Å²) in [7, 11) is 0. The first-order chi connectivity index (χ1) is 14.2. The number of hydrogen-bond donors (Lipinski definition) is 3. The summed E-state index contributed by atoms with van der Waals surface area (Å²) in [4.78, 5) is 16.0. The van der Waals surface area contributed by atoms with Gasteiger partial charge in [-0.25, -0.2) is 0 Å². The number of benzene rings is 2. The molecule has 152 valence electrons. The Morgan fingerprint density at radius 2 is 2.03 bits per heavy atom. The van der Waals surface area contributed by atoms with Gasteiger partial charge in [0, 0.05) is 31.6 Å². The fraction of sp³-hybridized carbons (Fsp3) is 0.364. The molecule has 0 aliphatic carbocycles. The van der Waals surface area contributed by atoms with Crippen LogP contribution in [-0.2, 0) is 0 Å². The highest BCUT2D eigenvalue weighted by atomic mass is 32.1. The lowest BCUT2D eigenvalue weighted by atomic mass is 10.1. The molecule has 1 aromatic heterocycles. The van der Waals surface area contributed by atoms with E-state index in [1.807, 2.05) is 6.07 Å². The SMILES string of the molecule is O=C(NCCCCN1CCNCC1c1snc2ccccc12)c1ccccc1O. The van der Waals surface area contributed by atoms with Crippen molar-refractivity contribution in [2.45, 2.75) is 18.9 Å². The van der Waals surface area contributed by atoms with Crippen molar-refractivity contribution in [1.82, 2.24) is 19.9 Å². The van der Waals surface area contributed by atoms with Gasteiger partial charge in [-0.1, -0.05) is 30.3 Å². The molecule has 29 heavy (non-hydrogen) atoms. The third-order valence-corrected chi connectivity index (χ3v) is 6.35. The van der Waals surface area contributed by atoms with Gasteiger partial charge in [0.15, 0.2) is 0 Å². The summed E-state index contributed by atoms with van der Waals surface area (Å²) in [5, 5.41) is 17.4. The van der Waals surface area contributed by atoms with Crippen molar-refractivity contribution < 1.29 is 9.90 Å². The third-order valence-electron chi connectivity index (χ3n) is 5.38. The van der Waals surface area contributed by atoms with E-state index in [4.69, 9.17) is 0 Å². The van der Waals surface area contributed by atoms with Gasteiger partial charge in [-0.2, -0.15) is 4.37 Å². The standard InChI is InChI=1S/C22H26N4O2S/c27-20-10-4-2-8-17(20)22(28)24-11-5-6-13-26-14-12-23-15-19(26)21-16-7-1-3-9-18(16)25-29-21/h1-4,7-10,19,23,27H,5-6,11-15H2,(H,24,28). The molecule has 3 N–H and O–H groups in total. The highest BCUT2D eigenvalue weighted by Crippen LogP contribution is 2.32. The lowest BCUT2D eigenvalue weighted by molar-refractivity contribution is 0.0949. The number of nitrogens with one attached hydrogen (secondary N) is 2. The molecule has 4 rings (SSSR count). The molecule has 1 atom stereocenters. The summed E-state index contributed by atoms with van der Waals surface area (Å²) in [6, 6.07) is 15.3. The summed E-state index contributed by atoms with van der Waals surface area (Å²) < 4.78 is 4.61. The molecule has 0 saturated carbocycles. The molecule has 1 aliphatic heterocycles. The maximum Gasteiger partial charge on any atom is 0.255 e. The van der Waals surface area contributed by atoms with Crippen molar-refractivity contribution in [3.63, 3.8) is 0 Å². The molecule has 0 radical (unpaired) electrons. The van der Waals surface area contributed by atoms with Crippen LogP contribution in [0.2, 0.25) is 0 Å². The molecular weight excluding hydrogens is 384 g/mol. The number of hydrogen-bond acceptors (Lipinski definition) is 6. The molecule has 1 saturated heterocycles. The van der Waals surface area contributed by atoms with Crippen LogP contribution >= 0.6 is 11.5 Å². The molecule has 6 nitrogen and oxygen atoms in total. The maximum atomic E-state index is 12.2. The fourth-order valence-corrected chi connectivity index (χ4v) is 4.81. The zero-order valence-corrected chi connectivity index (χ0v) is 17.1. The van der Waals surface area contributed by atoms with Gasteiger partial charge >= 0.3 is 0 Å². The maximum absolute atomic E-state index is 12.2. The summed E-state index contributed by atoms with van der Waals surface area (Å²) in [6.45, 7) is 4.55. The second-order valence-corrected chi connectivity index (χ2v) is 8.10. The predicted molar refractivity (Wildman–Crippen MR) is 116 cm³/mol. The highest BCUT2D eigenvalue weighted by molar-refractivity contribution is 7.07. The molecule has 1 unspecified atom stereocenters.